The Morgan fingerprint density at radius 1 is 0.594 bits per heavy atom. The Labute approximate surface area is 197 Å². The molecule has 4 heteroatoms. The van der Waals surface area contributed by atoms with Gasteiger partial charge in [-0.1, -0.05) is 127 Å². The highest BCUT2D eigenvalue weighted by Gasteiger charge is 2.23. The number of hydrogen-bond acceptors (Lipinski definition) is 1. The van der Waals surface area contributed by atoms with Gasteiger partial charge in [-0.05, 0) is 40.3 Å². The van der Waals surface area contributed by atoms with Gasteiger partial charge in [-0.2, -0.15) is 0 Å². The normalized spacial score (nSPS) is 11.8. The van der Waals surface area contributed by atoms with Crippen molar-refractivity contribution in [1.29, 1.82) is 0 Å². The fourth-order valence-electron chi connectivity index (χ4n) is 3.36. The van der Waals surface area contributed by atoms with Gasteiger partial charge in [-0.25, -0.2) is 0 Å². The minimum Gasteiger partial charge on any atom is -0.259 e. The Morgan fingerprint density at radius 3 is 1.53 bits per heavy atom. The standard InChI is InChI=1S/C28H27NP2Si/c1-23(2)22-32-28-21-13-12-20-27(28)31(26-18-10-5-11-19-26)29-30(24-14-6-3-7-15-24)25-16-8-4-9-17-25/h3-22,29H,1-2H3. The largest absolute Gasteiger partial charge is 0.259 e. The molecule has 0 fully saturated rings. The van der Waals surface area contributed by atoms with Crippen molar-refractivity contribution in [1.82, 2.24) is 4.86 Å². The zero-order chi connectivity index (χ0) is 22.2. The van der Waals surface area contributed by atoms with E-state index >= 15 is 0 Å². The average Bonchev–Trinajstić information content (AvgIpc) is 2.85. The maximum Gasteiger partial charge on any atom is 0.112 e. The lowest BCUT2D eigenvalue weighted by atomic mass is 10.4. The van der Waals surface area contributed by atoms with E-state index in [1.54, 1.807) is 0 Å². The first kappa shape index (κ1) is 22.8. The zero-order valence-corrected chi connectivity index (χ0v) is 21.2. The van der Waals surface area contributed by atoms with Crippen LogP contribution in [-0.2, 0) is 0 Å². The summed E-state index contributed by atoms with van der Waals surface area (Å²) in [4.78, 5) is 4.16. The van der Waals surface area contributed by atoms with Gasteiger partial charge in [-0.15, -0.1) is 0 Å². The summed E-state index contributed by atoms with van der Waals surface area (Å²) in [6.45, 7) is 4.36. The average molecular weight is 468 g/mol. The molecule has 1 N–H and O–H groups in total. The summed E-state index contributed by atoms with van der Waals surface area (Å²) < 4.78 is 0. The fourth-order valence-corrected chi connectivity index (χ4v) is 9.91. The summed E-state index contributed by atoms with van der Waals surface area (Å²) in [6, 6.07) is 41.7. The summed E-state index contributed by atoms with van der Waals surface area (Å²) in [6.07, 6.45) is 0. The molecule has 0 aliphatic carbocycles. The monoisotopic (exact) mass is 467 g/mol. The second-order valence-electron chi connectivity index (χ2n) is 7.66. The lowest BCUT2D eigenvalue weighted by Crippen LogP contribution is -2.36. The van der Waals surface area contributed by atoms with Crippen molar-refractivity contribution in [3.8, 4) is 0 Å². The molecule has 2 radical (unpaired) electrons. The first-order valence-electron chi connectivity index (χ1n) is 10.7. The molecule has 4 rings (SSSR count). The van der Waals surface area contributed by atoms with Crippen LogP contribution in [0.3, 0.4) is 0 Å². The fraction of sp³-hybridized carbons (Fsp3) is 0.0714. The predicted octanol–water partition coefficient (Wildman–Crippen LogP) is 4.93. The third-order valence-corrected chi connectivity index (χ3v) is 11.5. The molecule has 4 aromatic carbocycles. The molecule has 1 unspecified atom stereocenters. The van der Waals surface area contributed by atoms with E-state index in [4.69, 9.17) is 0 Å². The molecule has 0 heterocycles. The van der Waals surface area contributed by atoms with Crippen LogP contribution in [0.2, 0.25) is 0 Å². The van der Waals surface area contributed by atoms with E-state index in [9.17, 15) is 0 Å². The molecule has 0 saturated carbocycles. The van der Waals surface area contributed by atoms with E-state index in [1.807, 2.05) is 0 Å². The zero-order valence-electron chi connectivity index (χ0n) is 18.4. The molecule has 1 atom stereocenters. The van der Waals surface area contributed by atoms with Gasteiger partial charge < -0.3 is 0 Å². The van der Waals surface area contributed by atoms with Crippen LogP contribution < -0.4 is 31.3 Å². The highest BCUT2D eigenvalue weighted by atomic mass is 31.2. The van der Waals surface area contributed by atoms with Gasteiger partial charge in [0, 0.05) is 16.1 Å². The molecule has 0 spiro atoms. The van der Waals surface area contributed by atoms with E-state index in [1.165, 1.54) is 32.0 Å². The van der Waals surface area contributed by atoms with E-state index in [-0.39, 0.29) is 0 Å². The summed E-state index contributed by atoms with van der Waals surface area (Å²) in [5, 5.41) is 6.90. The molecule has 32 heavy (non-hydrogen) atoms. The number of benzene rings is 4. The molecule has 0 saturated heterocycles. The van der Waals surface area contributed by atoms with Crippen LogP contribution in [-0.4, -0.2) is 9.52 Å². The summed E-state index contributed by atoms with van der Waals surface area (Å²) in [5.74, 6) is 0. The van der Waals surface area contributed by atoms with Crippen molar-refractivity contribution >= 4 is 52.1 Å². The summed E-state index contributed by atoms with van der Waals surface area (Å²) >= 11 is 0. The van der Waals surface area contributed by atoms with Gasteiger partial charge in [0.05, 0.1) is 0 Å². The Hall–Kier alpha value is -2.34. The molecule has 4 aromatic rings. The van der Waals surface area contributed by atoms with Gasteiger partial charge in [0.2, 0.25) is 0 Å². The molecule has 0 aliphatic rings. The lowest BCUT2D eigenvalue weighted by Gasteiger charge is -2.28. The Kier molecular flexibility index (Phi) is 8.21. The van der Waals surface area contributed by atoms with Crippen molar-refractivity contribution in [2.75, 3.05) is 0 Å². The van der Waals surface area contributed by atoms with Crippen molar-refractivity contribution in [3.63, 3.8) is 0 Å². The Bertz CT molecular complexity index is 1100. The number of rotatable bonds is 8. The van der Waals surface area contributed by atoms with Gasteiger partial charge in [0.15, 0.2) is 0 Å². The Balaban J connectivity index is 1.80. The van der Waals surface area contributed by atoms with Crippen LogP contribution in [0.25, 0.3) is 0 Å². The van der Waals surface area contributed by atoms with Gasteiger partial charge in [0.25, 0.3) is 0 Å². The van der Waals surface area contributed by atoms with Crippen LogP contribution in [0, 0.1) is 0 Å². The van der Waals surface area contributed by atoms with E-state index in [2.05, 4.69) is 140 Å². The highest BCUT2D eigenvalue weighted by molar-refractivity contribution is 7.85. The second-order valence-corrected chi connectivity index (χ2v) is 12.9. The van der Waals surface area contributed by atoms with Crippen LogP contribution in [0.1, 0.15) is 13.8 Å². The van der Waals surface area contributed by atoms with Gasteiger partial charge >= 0.3 is 0 Å². The maximum absolute atomic E-state index is 4.16. The van der Waals surface area contributed by atoms with Gasteiger partial charge in [0.1, 0.15) is 9.52 Å². The predicted molar refractivity (Wildman–Crippen MR) is 146 cm³/mol. The van der Waals surface area contributed by atoms with E-state index in [0.717, 1.165) is 0 Å². The van der Waals surface area contributed by atoms with Crippen LogP contribution in [0.4, 0.5) is 0 Å². The molecule has 1 nitrogen and oxygen atoms in total. The minimum atomic E-state index is -0.733. The van der Waals surface area contributed by atoms with E-state index < -0.39 is 16.1 Å². The molecule has 0 amide bonds. The molecular formula is C28H27NP2Si. The molecular weight excluding hydrogens is 440 g/mol. The SMILES string of the molecule is CC(C)=C[Si]c1ccccc1P(NP(c1ccccc1)c1ccccc1)c1ccccc1. The second kappa shape index (κ2) is 11.5. The smallest absolute Gasteiger partial charge is 0.112 e. The van der Waals surface area contributed by atoms with Gasteiger partial charge in [-0.3, -0.25) is 4.86 Å². The summed E-state index contributed by atoms with van der Waals surface area (Å²) in [7, 11) is -0.765. The van der Waals surface area contributed by atoms with Crippen LogP contribution >= 0.6 is 16.1 Å². The molecule has 158 valence electrons. The lowest BCUT2D eigenvalue weighted by molar-refractivity contribution is 1.41. The van der Waals surface area contributed by atoms with Crippen molar-refractivity contribution in [3.05, 3.63) is 127 Å². The topological polar surface area (TPSA) is 12.0 Å². The van der Waals surface area contributed by atoms with Crippen LogP contribution in [0.15, 0.2) is 127 Å². The Morgan fingerprint density at radius 2 is 1.03 bits per heavy atom. The summed E-state index contributed by atoms with van der Waals surface area (Å²) in [5.41, 5.74) is 3.72. The quantitative estimate of drug-likeness (QED) is 0.286. The van der Waals surface area contributed by atoms with Crippen molar-refractivity contribution in [2.24, 2.45) is 0 Å². The van der Waals surface area contributed by atoms with Crippen LogP contribution in [0.5, 0.6) is 0 Å². The minimum absolute atomic E-state index is 0.672. The highest BCUT2D eigenvalue weighted by Crippen LogP contribution is 2.41. The van der Waals surface area contributed by atoms with Crippen molar-refractivity contribution in [2.45, 2.75) is 13.8 Å². The molecule has 0 bridgehead atoms. The first-order valence-corrected chi connectivity index (χ1v) is 14.5. The number of allylic oxidation sites excluding steroid dienone is 1. The van der Waals surface area contributed by atoms with Crippen molar-refractivity contribution < 1.29 is 0 Å². The number of nitrogens with one attached hydrogen (secondary N) is 1. The number of hydrogen-bond donors (Lipinski definition) is 1. The maximum atomic E-state index is 4.16. The first-order chi connectivity index (χ1) is 15.7. The molecule has 0 aliphatic heterocycles. The third-order valence-electron chi connectivity index (χ3n) is 4.90. The molecule has 0 aromatic heterocycles. The third kappa shape index (κ3) is 5.91. The van der Waals surface area contributed by atoms with E-state index in [0.29, 0.717) is 9.52 Å².